The van der Waals surface area contributed by atoms with Gasteiger partial charge in [-0.25, -0.2) is 0 Å². The first kappa shape index (κ1) is 18.2. The molecule has 130 valence electrons. The van der Waals surface area contributed by atoms with E-state index in [1.165, 1.54) is 0 Å². The Bertz CT molecular complexity index is 656. The van der Waals surface area contributed by atoms with Crippen LogP contribution in [0.3, 0.4) is 0 Å². The molecule has 0 radical (unpaired) electrons. The Morgan fingerprint density at radius 1 is 1.42 bits per heavy atom. The molecule has 1 aliphatic heterocycles. The molecule has 0 aliphatic carbocycles. The van der Waals surface area contributed by atoms with Gasteiger partial charge < -0.3 is 24.6 Å². The highest BCUT2D eigenvalue weighted by atomic mass is 35.5. The second kappa shape index (κ2) is 8.62. The minimum absolute atomic E-state index is 0. The number of carbonyl (C=O) groups is 1. The molecule has 1 atom stereocenters. The standard InChI is InChI=1S/C15H18N4O4.ClH/c1-10-17-14(23-19-10)9-22-12-4-2-11(3-5-12)18-15(20)13-8-16-6-7-21-13;/h2-5,13,16H,6-9H2,1H3,(H,18,20);1H. The van der Waals surface area contributed by atoms with Gasteiger partial charge in [0.05, 0.1) is 6.61 Å². The fourth-order valence-electron chi connectivity index (χ4n) is 2.13. The van der Waals surface area contributed by atoms with Gasteiger partial charge in [0.1, 0.15) is 11.9 Å². The molecule has 2 aromatic rings. The largest absolute Gasteiger partial charge is 0.484 e. The van der Waals surface area contributed by atoms with Gasteiger partial charge in [0.2, 0.25) is 0 Å². The molecule has 24 heavy (non-hydrogen) atoms. The summed E-state index contributed by atoms with van der Waals surface area (Å²) >= 11 is 0. The molecule has 1 amide bonds. The maximum Gasteiger partial charge on any atom is 0.264 e. The average Bonchev–Trinajstić information content (AvgIpc) is 3.00. The summed E-state index contributed by atoms with van der Waals surface area (Å²) in [5.41, 5.74) is 0.685. The van der Waals surface area contributed by atoms with Crippen molar-refractivity contribution in [2.45, 2.75) is 19.6 Å². The van der Waals surface area contributed by atoms with Crippen molar-refractivity contribution in [2.75, 3.05) is 25.0 Å². The summed E-state index contributed by atoms with van der Waals surface area (Å²) in [6, 6.07) is 7.06. The summed E-state index contributed by atoms with van der Waals surface area (Å²) in [6.07, 6.45) is -0.458. The molecule has 0 saturated carbocycles. The van der Waals surface area contributed by atoms with Crippen molar-refractivity contribution in [2.24, 2.45) is 0 Å². The molecule has 1 aromatic heterocycles. The fraction of sp³-hybridized carbons (Fsp3) is 0.400. The number of aromatic nitrogens is 2. The molecular weight excluding hydrogens is 336 g/mol. The van der Waals surface area contributed by atoms with E-state index in [1.54, 1.807) is 31.2 Å². The predicted molar refractivity (Wildman–Crippen MR) is 88.3 cm³/mol. The molecule has 9 heteroatoms. The van der Waals surface area contributed by atoms with Gasteiger partial charge in [-0.2, -0.15) is 4.98 Å². The molecule has 1 saturated heterocycles. The van der Waals surface area contributed by atoms with Crippen LogP contribution in [0.5, 0.6) is 5.75 Å². The molecule has 1 aliphatic rings. The van der Waals surface area contributed by atoms with Crippen molar-refractivity contribution in [1.29, 1.82) is 0 Å². The van der Waals surface area contributed by atoms with Gasteiger partial charge in [-0.05, 0) is 31.2 Å². The number of nitrogens with one attached hydrogen (secondary N) is 2. The van der Waals surface area contributed by atoms with Crippen LogP contribution in [0.1, 0.15) is 11.7 Å². The smallest absolute Gasteiger partial charge is 0.264 e. The van der Waals surface area contributed by atoms with Gasteiger partial charge in [0, 0.05) is 18.8 Å². The number of hydrogen-bond donors (Lipinski definition) is 2. The molecule has 1 unspecified atom stereocenters. The topological polar surface area (TPSA) is 98.5 Å². The zero-order chi connectivity index (χ0) is 16.1. The lowest BCUT2D eigenvalue weighted by Crippen LogP contribution is -2.45. The minimum atomic E-state index is -0.458. The van der Waals surface area contributed by atoms with E-state index in [-0.39, 0.29) is 24.9 Å². The van der Waals surface area contributed by atoms with Gasteiger partial charge in [-0.3, -0.25) is 4.79 Å². The Morgan fingerprint density at radius 2 is 2.21 bits per heavy atom. The van der Waals surface area contributed by atoms with E-state index in [0.29, 0.717) is 36.3 Å². The Kier molecular flexibility index (Phi) is 6.53. The summed E-state index contributed by atoms with van der Waals surface area (Å²) in [4.78, 5) is 16.1. The van der Waals surface area contributed by atoms with E-state index in [2.05, 4.69) is 20.8 Å². The second-order valence-electron chi connectivity index (χ2n) is 5.10. The van der Waals surface area contributed by atoms with Crippen LogP contribution in [-0.4, -0.2) is 41.8 Å². The maximum absolute atomic E-state index is 12.0. The predicted octanol–water partition coefficient (Wildman–Crippen LogP) is 1.31. The monoisotopic (exact) mass is 354 g/mol. The zero-order valence-electron chi connectivity index (χ0n) is 13.2. The number of anilines is 1. The number of rotatable bonds is 5. The number of ether oxygens (including phenoxy) is 2. The summed E-state index contributed by atoms with van der Waals surface area (Å²) in [5.74, 6) is 1.48. The van der Waals surface area contributed by atoms with Crippen LogP contribution in [0.25, 0.3) is 0 Å². The van der Waals surface area contributed by atoms with Crippen LogP contribution in [0.2, 0.25) is 0 Å². The number of aryl methyl sites for hydroxylation is 1. The number of halogens is 1. The molecule has 3 rings (SSSR count). The van der Waals surface area contributed by atoms with Gasteiger partial charge in [0.15, 0.2) is 12.4 Å². The fourth-order valence-corrected chi connectivity index (χ4v) is 2.13. The molecular formula is C15H19ClN4O4. The van der Waals surface area contributed by atoms with Crippen LogP contribution in [0.4, 0.5) is 5.69 Å². The average molecular weight is 355 g/mol. The summed E-state index contributed by atoms with van der Waals surface area (Å²) in [7, 11) is 0. The molecule has 1 aromatic carbocycles. The third-order valence-electron chi connectivity index (χ3n) is 3.27. The van der Waals surface area contributed by atoms with E-state index in [9.17, 15) is 4.79 Å². The van der Waals surface area contributed by atoms with Crippen LogP contribution >= 0.6 is 12.4 Å². The van der Waals surface area contributed by atoms with Gasteiger partial charge >= 0.3 is 0 Å². The second-order valence-corrected chi connectivity index (χ2v) is 5.10. The number of benzene rings is 1. The summed E-state index contributed by atoms with van der Waals surface area (Å²) < 4.78 is 15.9. The van der Waals surface area contributed by atoms with E-state index in [0.717, 1.165) is 6.54 Å². The summed E-state index contributed by atoms with van der Waals surface area (Å²) in [5, 5.41) is 9.62. The van der Waals surface area contributed by atoms with Crippen molar-refractivity contribution in [3.8, 4) is 5.75 Å². The minimum Gasteiger partial charge on any atom is -0.484 e. The lowest BCUT2D eigenvalue weighted by atomic mass is 10.2. The first-order valence-corrected chi connectivity index (χ1v) is 7.36. The highest BCUT2D eigenvalue weighted by molar-refractivity contribution is 5.94. The Balaban J connectivity index is 0.00000208. The normalized spacial score (nSPS) is 17.0. The molecule has 2 heterocycles. The van der Waals surface area contributed by atoms with Crippen molar-refractivity contribution < 1.29 is 18.8 Å². The lowest BCUT2D eigenvalue weighted by Gasteiger charge is -2.22. The Morgan fingerprint density at radius 3 is 2.83 bits per heavy atom. The van der Waals surface area contributed by atoms with Gasteiger partial charge in [-0.1, -0.05) is 5.16 Å². The van der Waals surface area contributed by atoms with Gasteiger partial charge in [0.25, 0.3) is 11.8 Å². The van der Waals surface area contributed by atoms with Crippen LogP contribution < -0.4 is 15.4 Å². The highest BCUT2D eigenvalue weighted by Gasteiger charge is 2.21. The molecule has 2 N–H and O–H groups in total. The molecule has 8 nitrogen and oxygen atoms in total. The quantitative estimate of drug-likeness (QED) is 0.835. The first-order chi connectivity index (χ1) is 11.2. The van der Waals surface area contributed by atoms with Crippen LogP contribution in [0.15, 0.2) is 28.8 Å². The third kappa shape index (κ3) is 4.92. The number of nitrogens with zero attached hydrogens (tertiary/aromatic N) is 2. The van der Waals surface area contributed by atoms with Crippen LogP contribution in [-0.2, 0) is 16.1 Å². The van der Waals surface area contributed by atoms with E-state index >= 15 is 0 Å². The summed E-state index contributed by atoms with van der Waals surface area (Å²) in [6.45, 7) is 3.79. The zero-order valence-corrected chi connectivity index (χ0v) is 14.0. The van der Waals surface area contributed by atoms with E-state index in [4.69, 9.17) is 14.0 Å². The SMILES string of the molecule is Cc1noc(COc2ccc(NC(=O)C3CNCCO3)cc2)n1.Cl. The molecule has 1 fully saturated rings. The number of carbonyl (C=O) groups excluding carboxylic acids is 1. The number of hydrogen-bond acceptors (Lipinski definition) is 7. The van der Waals surface area contributed by atoms with Crippen molar-refractivity contribution in [1.82, 2.24) is 15.5 Å². The lowest BCUT2D eigenvalue weighted by molar-refractivity contribution is -0.128. The maximum atomic E-state index is 12.0. The van der Waals surface area contributed by atoms with Gasteiger partial charge in [-0.15, -0.1) is 12.4 Å². The Hall–Kier alpha value is -2.16. The molecule has 0 bridgehead atoms. The third-order valence-corrected chi connectivity index (χ3v) is 3.27. The van der Waals surface area contributed by atoms with Crippen LogP contribution in [0, 0.1) is 6.92 Å². The molecule has 0 spiro atoms. The number of amides is 1. The van der Waals surface area contributed by atoms with E-state index < -0.39 is 6.10 Å². The number of morpholine rings is 1. The van der Waals surface area contributed by atoms with Crippen molar-refractivity contribution in [3.63, 3.8) is 0 Å². The van der Waals surface area contributed by atoms with Crippen molar-refractivity contribution >= 4 is 24.0 Å². The van der Waals surface area contributed by atoms with Crippen molar-refractivity contribution in [3.05, 3.63) is 36.0 Å². The van der Waals surface area contributed by atoms with E-state index in [1.807, 2.05) is 0 Å². The highest BCUT2D eigenvalue weighted by Crippen LogP contribution is 2.17. The Labute approximate surface area is 145 Å². The first-order valence-electron chi connectivity index (χ1n) is 7.36.